The van der Waals surface area contributed by atoms with Crippen molar-refractivity contribution in [1.82, 2.24) is 4.57 Å². The van der Waals surface area contributed by atoms with Crippen LogP contribution in [0.2, 0.25) is 0 Å². The first-order valence-electron chi connectivity index (χ1n) is 7.45. The average Bonchev–Trinajstić information content (AvgIpc) is 3.04. The van der Waals surface area contributed by atoms with Crippen LogP contribution in [0.25, 0.3) is 17.0 Å². The summed E-state index contributed by atoms with van der Waals surface area (Å²) in [4.78, 5) is 3.69. The van der Waals surface area contributed by atoms with Gasteiger partial charge < -0.3 is 9.47 Å². The first kappa shape index (κ1) is 13.5. The standard InChI is InChI=1S/C19H18N2S/c1-20-13-14(15-7-3-4-8-16(15)20)11-12-19-21(2)17-9-5-6-10-18(17)22-19/h3-13,19H,1-2H3/b12-11+. The first-order valence-corrected chi connectivity index (χ1v) is 8.33. The summed E-state index contributed by atoms with van der Waals surface area (Å²) in [7, 11) is 4.27. The Kier molecular flexibility index (Phi) is 3.23. The Morgan fingerprint density at radius 1 is 1.00 bits per heavy atom. The molecule has 4 rings (SSSR count). The lowest BCUT2D eigenvalue weighted by Gasteiger charge is -2.18. The van der Waals surface area contributed by atoms with Crippen LogP contribution in [-0.4, -0.2) is 17.0 Å². The van der Waals surface area contributed by atoms with E-state index in [-0.39, 0.29) is 0 Å². The number of benzene rings is 2. The molecule has 1 aliphatic heterocycles. The number of hydrogen-bond acceptors (Lipinski definition) is 2. The van der Waals surface area contributed by atoms with Crippen LogP contribution in [0.1, 0.15) is 5.56 Å². The van der Waals surface area contributed by atoms with Crippen LogP contribution in [0, 0.1) is 0 Å². The maximum Gasteiger partial charge on any atom is 0.0983 e. The number of fused-ring (bicyclic) bond motifs is 2. The van der Waals surface area contributed by atoms with Gasteiger partial charge >= 0.3 is 0 Å². The maximum atomic E-state index is 2.33. The molecule has 0 bridgehead atoms. The second-order valence-electron chi connectivity index (χ2n) is 5.66. The number of aromatic nitrogens is 1. The third-order valence-electron chi connectivity index (χ3n) is 4.24. The van der Waals surface area contributed by atoms with Crippen molar-refractivity contribution in [2.24, 2.45) is 7.05 Å². The molecule has 0 fully saturated rings. The Morgan fingerprint density at radius 2 is 1.77 bits per heavy atom. The van der Waals surface area contributed by atoms with Crippen LogP contribution in [0.3, 0.4) is 0 Å². The molecular weight excluding hydrogens is 288 g/mol. The minimum absolute atomic E-state index is 0.358. The van der Waals surface area contributed by atoms with Crippen molar-refractivity contribution in [3.63, 3.8) is 0 Å². The van der Waals surface area contributed by atoms with Gasteiger partial charge in [-0.2, -0.15) is 0 Å². The van der Waals surface area contributed by atoms with Gasteiger partial charge in [0.15, 0.2) is 0 Å². The smallest absolute Gasteiger partial charge is 0.0983 e. The highest BCUT2D eigenvalue weighted by molar-refractivity contribution is 8.00. The fourth-order valence-corrected chi connectivity index (χ4v) is 4.23. The van der Waals surface area contributed by atoms with Crippen molar-refractivity contribution >= 4 is 34.4 Å². The SMILES string of the molecule is CN1c2ccccc2SC1/C=C/c1cn(C)c2ccccc12. The van der Waals surface area contributed by atoms with E-state index in [0.717, 1.165) is 0 Å². The molecule has 2 nitrogen and oxygen atoms in total. The molecule has 1 aromatic heterocycles. The minimum Gasteiger partial charge on any atom is -0.358 e. The van der Waals surface area contributed by atoms with Gasteiger partial charge in [-0.25, -0.2) is 0 Å². The van der Waals surface area contributed by atoms with Gasteiger partial charge in [-0.3, -0.25) is 0 Å². The largest absolute Gasteiger partial charge is 0.358 e. The number of nitrogens with zero attached hydrogens (tertiary/aromatic N) is 2. The molecule has 0 amide bonds. The average molecular weight is 306 g/mol. The Balaban J connectivity index is 1.65. The molecule has 1 aliphatic rings. The van der Waals surface area contributed by atoms with E-state index in [1.54, 1.807) is 0 Å². The lowest BCUT2D eigenvalue weighted by molar-refractivity contribution is 0.967. The van der Waals surface area contributed by atoms with Gasteiger partial charge in [0.1, 0.15) is 0 Å². The maximum absolute atomic E-state index is 2.33. The summed E-state index contributed by atoms with van der Waals surface area (Å²) in [6, 6.07) is 17.1. The zero-order valence-corrected chi connectivity index (χ0v) is 13.5. The number of para-hydroxylation sites is 2. The zero-order chi connectivity index (χ0) is 15.1. The van der Waals surface area contributed by atoms with Crippen molar-refractivity contribution < 1.29 is 0 Å². The van der Waals surface area contributed by atoms with Crippen LogP contribution in [0.5, 0.6) is 0 Å². The molecule has 3 aromatic rings. The number of hydrogen-bond donors (Lipinski definition) is 0. The summed E-state index contributed by atoms with van der Waals surface area (Å²) >= 11 is 1.91. The van der Waals surface area contributed by atoms with Crippen molar-refractivity contribution in [2.45, 2.75) is 10.3 Å². The number of thioether (sulfide) groups is 1. The molecule has 2 aromatic carbocycles. The lowest BCUT2D eigenvalue weighted by Crippen LogP contribution is -2.21. The van der Waals surface area contributed by atoms with E-state index in [1.807, 2.05) is 11.8 Å². The van der Waals surface area contributed by atoms with Gasteiger partial charge in [0.25, 0.3) is 0 Å². The molecule has 0 aliphatic carbocycles. The van der Waals surface area contributed by atoms with Gasteiger partial charge in [-0.05, 0) is 23.8 Å². The fraction of sp³-hybridized carbons (Fsp3) is 0.158. The Labute approximate surface area is 135 Å². The van der Waals surface area contributed by atoms with Gasteiger partial charge in [-0.15, -0.1) is 0 Å². The zero-order valence-electron chi connectivity index (χ0n) is 12.7. The quantitative estimate of drug-likeness (QED) is 0.674. The molecule has 0 N–H and O–H groups in total. The van der Waals surface area contributed by atoms with Crippen LogP contribution in [0.15, 0.2) is 65.7 Å². The minimum atomic E-state index is 0.358. The second-order valence-corrected chi connectivity index (χ2v) is 6.82. The predicted octanol–water partition coefficient (Wildman–Crippen LogP) is 4.76. The van der Waals surface area contributed by atoms with Crippen molar-refractivity contribution in [3.8, 4) is 0 Å². The van der Waals surface area contributed by atoms with Crippen LogP contribution < -0.4 is 4.90 Å². The molecule has 3 heteroatoms. The van der Waals surface area contributed by atoms with Crippen LogP contribution >= 0.6 is 11.8 Å². The topological polar surface area (TPSA) is 8.17 Å². The highest BCUT2D eigenvalue weighted by Gasteiger charge is 2.24. The normalized spacial score (nSPS) is 17.5. The Bertz CT molecular complexity index is 863. The third kappa shape index (κ3) is 2.13. The molecule has 0 saturated carbocycles. The molecular formula is C19H18N2S. The number of likely N-dealkylation sites (N-methyl/N-ethyl adjacent to an activating group) is 1. The fourth-order valence-electron chi connectivity index (χ4n) is 3.05. The first-order chi connectivity index (χ1) is 10.7. The van der Waals surface area contributed by atoms with Gasteiger partial charge in [-0.1, -0.05) is 54.2 Å². The molecule has 2 heterocycles. The Morgan fingerprint density at radius 3 is 2.64 bits per heavy atom. The third-order valence-corrected chi connectivity index (χ3v) is 5.56. The summed E-state index contributed by atoms with van der Waals surface area (Å²) < 4.78 is 2.19. The molecule has 1 unspecified atom stereocenters. The van der Waals surface area contributed by atoms with E-state index in [0.29, 0.717) is 5.37 Å². The van der Waals surface area contributed by atoms with Gasteiger partial charge in [0.2, 0.25) is 0 Å². The van der Waals surface area contributed by atoms with E-state index >= 15 is 0 Å². The van der Waals surface area contributed by atoms with Gasteiger partial charge in [0.05, 0.1) is 11.1 Å². The van der Waals surface area contributed by atoms with Crippen molar-refractivity contribution in [3.05, 3.63) is 66.4 Å². The number of aryl methyl sites for hydroxylation is 1. The summed E-state index contributed by atoms with van der Waals surface area (Å²) in [6.07, 6.45) is 6.75. The molecule has 0 radical (unpaired) electrons. The molecule has 110 valence electrons. The molecule has 0 spiro atoms. The number of rotatable bonds is 2. The van der Waals surface area contributed by atoms with E-state index in [4.69, 9.17) is 0 Å². The van der Waals surface area contributed by atoms with Gasteiger partial charge in [0, 0.05) is 36.1 Å². The van der Waals surface area contributed by atoms with Crippen molar-refractivity contribution in [2.75, 3.05) is 11.9 Å². The highest BCUT2D eigenvalue weighted by atomic mass is 32.2. The monoisotopic (exact) mass is 306 g/mol. The Hall–Kier alpha value is -2.13. The van der Waals surface area contributed by atoms with E-state index < -0.39 is 0 Å². The van der Waals surface area contributed by atoms with Crippen LogP contribution in [-0.2, 0) is 7.05 Å². The molecule has 22 heavy (non-hydrogen) atoms. The van der Waals surface area contributed by atoms with E-state index in [9.17, 15) is 0 Å². The summed E-state index contributed by atoms with van der Waals surface area (Å²) in [5.41, 5.74) is 3.88. The summed E-state index contributed by atoms with van der Waals surface area (Å²) in [5.74, 6) is 0. The number of anilines is 1. The van der Waals surface area contributed by atoms with E-state index in [2.05, 4.69) is 90.4 Å². The predicted molar refractivity (Wildman–Crippen MR) is 96.4 cm³/mol. The van der Waals surface area contributed by atoms with E-state index in [1.165, 1.54) is 27.0 Å². The molecule has 0 saturated heterocycles. The lowest BCUT2D eigenvalue weighted by atomic mass is 10.1. The molecule has 1 atom stereocenters. The van der Waals surface area contributed by atoms with Crippen LogP contribution in [0.4, 0.5) is 5.69 Å². The second kappa shape index (κ2) is 5.25. The summed E-state index contributed by atoms with van der Waals surface area (Å²) in [5, 5.41) is 1.67. The van der Waals surface area contributed by atoms with Crippen molar-refractivity contribution in [1.29, 1.82) is 0 Å². The summed E-state index contributed by atoms with van der Waals surface area (Å²) in [6.45, 7) is 0. The highest BCUT2D eigenvalue weighted by Crippen LogP contribution is 2.42.